The zero-order chi connectivity index (χ0) is 15.3. The number of halogens is 3. The van der Waals surface area contributed by atoms with Crippen LogP contribution >= 0.6 is 0 Å². The van der Waals surface area contributed by atoms with Gasteiger partial charge in [0.25, 0.3) is 0 Å². The second-order valence-corrected chi connectivity index (χ2v) is 5.79. The van der Waals surface area contributed by atoms with Gasteiger partial charge in [-0.3, -0.25) is 4.79 Å². The van der Waals surface area contributed by atoms with Crippen molar-refractivity contribution in [2.45, 2.75) is 44.4 Å². The van der Waals surface area contributed by atoms with Crippen molar-refractivity contribution in [3.8, 4) is 0 Å². The number of alkyl halides is 3. The number of likely N-dealkylation sites (tertiary alicyclic amines) is 1. The van der Waals surface area contributed by atoms with Crippen LogP contribution in [0.2, 0.25) is 0 Å². The largest absolute Gasteiger partial charge is 0.393 e. The summed E-state index contributed by atoms with van der Waals surface area (Å²) in [7, 11) is 0. The fraction of sp³-hybridized carbons (Fsp3) is 0.929. The third-order valence-electron chi connectivity index (χ3n) is 4.19. The van der Waals surface area contributed by atoms with E-state index in [1.54, 1.807) is 0 Å². The number of rotatable bonds is 4. The second kappa shape index (κ2) is 7.45. The van der Waals surface area contributed by atoms with Gasteiger partial charge < -0.3 is 15.0 Å². The van der Waals surface area contributed by atoms with Gasteiger partial charge in [0, 0.05) is 13.1 Å². The first-order valence-corrected chi connectivity index (χ1v) is 7.63. The molecule has 0 aromatic rings. The Labute approximate surface area is 123 Å². The minimum Gasteiger partial charge on any atom is -0.378 e. The molecule has 21 heavy (non-hydrogen) atoms. The predicted octanol–water partition coefficient (Wildman–Crippen LogP) is 1.95. The highest BCUT2D eigenvalue weighted by Gasteiger charge is 2.42. The Kier molecular flexibility index (Phi) is 5.87. The summed E-state index contributed by atoms with van der Waals surface area (Å²) in [6, 6.07) is 0. The molecular formula is C14H23F3N2O2. The highest BCUT2D eigenvalue weighted by atomic mass is 19.4. The molecule has 1 amide bonds. The lowest BCUT2D eigenvalue weighted by Gasteiger charge is -2.34. The number of carbonyl (C=O) groups is 1. The van der Waals surface area contributed by atoms with Crippen LogP contribution in [0.15, 0.2) is 0 Å². The number of hydrogen-bond acceptors (Lipinski definition) is 3. The molecule has 0 saturated carbocycles. The molecular weight excluding hydrogens is 285 g/mol. The van der Waals surface area contributed by atoms with Gasteiger partial charge in [0.1, 0.15) is 0 Å². The second-order valence-electron chi connectivity index (χ2n) is 5.79. The van der Waals surface area contributed by atoms with Gasteiger partial charge in [0.15, 0.2) is 0 Å². The molecule has 122 valence electrons. The third-order valence-corrected chi connectivity index (χ3v) is 4.19. The number of hydrogen-bond donors (Lipinski definition) is 1. The number of piperidine rings is 2. The fourth-order valence-electron chi connectivity index (χ4n) is 2.90. The molecule has 7 heteroatoms. The molecule has 2 heterocycles. The van der Waals surface area contributed by atoms with E-state index in [0.29, 0.717) is 19.6 Å². The Balaban J connectivity index is 1.70. The average Bonchev–Trinajstić information content (AvgIpc) is 2.47. The van der Waals surface area contributed by atoms with Crippen molar-refractivity contribution in [2.24, 2.45) is 5.92 Å². The summed E-state index contributed by atoms with van der Waals surface area (Å²) in [5.41, 5.74) is 0. The van der Waals surface area contributed by atoms with Gasteiger partial charge in [0.2, 0.25) is 5.91 Å². The fourth-order valence-corrected chi connectivity index (χ4v) is 2.90. The zero-order valence-corrected chi connectivity index (χ0v) is 12.1. The van der Waals surface area contributed by atoms with E-state index < -0.39 is 12.1 Å². The minimum atomic E-state index is -4.20. The maximum absolute atomic E-state index is 12.7. The average molecular weight is 308 g/mol. The molecule has 0 aromatic carbocycles. The van der Waals surface area contributed by atoms with Crippen molar-refractivity contribution in [3.63, 3.8) is 0 Å². The van der Waals surface area contributed by atoms with Crippen LogP contribution in [0.1, 0.15) is 32.1 Å². The highest BCUT2D eigenvalue weighted by Crippen LogP contribution is 2.33. The predicted molar refractivity (Wildman–Crippen MR) is 71.8 cm³/mol. The lowest BCUT2D eigenvalue weighted by Crippen LogP contribution is -2.45. The lowest BCUT2D eigenvalue weighted by molar-refractivity contribution is -0.188. The maximum Gasteiger partial charge on any atom is 0.393 e. The Morgan fingerprint density at radius 1 is 1.24 bits per heavy atom. The summed E-state index contributed by atoms with van der Waals surface area (Å²) in [6.07, 6.45) is -1.46. The molecule has 1 N–H and O–H groups in total. The van der Waals surface area contributed by atoms with Crippen LogP contribution in [0.5, 0.6) is 0 Å². The summed E-state index contributed by atoms with van der Waals surface area (Å²) >= 11 is 0. The van der Waals surface area contributed by atoms with Crippen molar-refractivity contribution >= 4 is 5.91 Å². The first kappa shape index (κ1) is 16.5. The van der Waals surface area contributed by atoms with Crippen molar-refractivity contribution in [3.05, 3.63) is 0 Å². The first-order valence-electron chi connectivity index (χ1n) is 7.63. The monoisotopic (exact) mass is 308 g/mol. The number of nitrogens with one attached hydrogen (secondary N) is 1. The molecule has 0 aromatic heterocycles. The molecule has 2 aliphatic rings. The number of amides is 1. The van der Waals surface area contributed by atoms with Crippen LogP contribution in [0.3, 0.4) is 0 Å². The van der Waals surface area contributed by atoms with E-state index in [4.69, 9.17) is 4.74 Å². The first-order chi connectivity index (χ1) is 9.97. The van der Waals surface area contributed by atoms with Crippen LogP contribution in [0, 0.1) is 5.92 Å². The van der Waals surface area contributed by atoms with Gasteiger partial charge in [-0.2, -0.15) is 13.2 Å². The molecule has 2 rings (SSSR count). The summed E-state index contributed by atoms with van der Waals surface area (Å²) in [4.78, 5) is 13.3. The number of carbonyl (C=O) groups excluding carboxylic acids is 1. The van der Waals surface area contributed by atoms with Gasteiger partial charge in [-0.1, -0.05) is 0 Å². The Morgan fingerprint density at radius 2 is 1.95 bits per heavy atom. The van der Waals surface area contributed by atoms with Gasteiger partial charge in [-0.15, -0.1) is 0 Å². The molecule has 1 atom stereocenters. The Bertz CT molecular complexity index is 344. The van der Waals surface area contributed by atoms with Crippen molar-refractivity contribution in [2.75, 3.05) is 32.8 Å². The van der Waals surface area contributed by atoms with Gasteiger partial charge in [-0.25, -0.2) is 0 Å². The van der Waals surface area contributed by atoms with E-state index in [1.165, 1.54) is 4.90 Å². The Morgan fingerprint density at radius 3 is 2.62 bits per heavy atom. The van der Waals surface area contributed by atoms with Crippen molar-refractivity contribution in [1.82, 2.24) is 10.2 Å². The van der Waals surface area contributed by atoms with Crippen LogP contribution in [0.25, 0.3) is 0 Å². The molecule has 2 fully saturated rings. The molecule has 2 saturated heterocycles. The van der Waals surface area contributed by atoms with Crippen molar-refractivity contribution < 1.29 is 22.7 Å². The van der Waals surface area contributed by atoms with E-state index in [0.717, 1.165) is 25.9 Å². The van der Waals surface area contributed by atoms with Gasteiger partial charge in [-0.05, 0) is 38.8 Å². The van der Waals surface area contributed by atoms with Crippen LogP contribution < -0.4 is 5.32 Å². The van der Waals surface area contributed by atoms with E-state index in [1.807, 2.05) is 0 Å². The minimum absolute atomic E-state index is 0.124. The summed E-state index contributed by atoms with van der Waals surface area (Å²) < 4.78 is 43.7. The molecule has 0 aliphatic carbocycles. The topological polar surface area (TPSA) is 41.6 Å². The standard InChI is InChI=1S/C14H23F3N2O2/c15-14(16,17)11-2-1-8-19(10-11)13(20)5-9-21-12-3-6-18-7-4-12/h11-12,18H,1-10H2. The van der Waals surface area contributed by atoms with Crippen LogP contribution in [-0.4, -0.2) is 55.9 Å². The molecule has 2 aliphatic heterocycles. The van der Waals surface area contributed by atoms with Gasteiger partial charge >= 0.3 is 6.18 Å². The van der Waals surface area contributed by atoms with E-state index in [9.17, 15) is 18.0 Å². The maximum atomic E-state index is 12.7. The van der Waals surface area contributed by atoms with E-state index in [2.05, 4.69) is 5.32 Å². The summed E-state index contributed by atoms with van der Waals surface area (Å²) in [6.45, 7) is 2.36. The Hall–Kier alpha value is -0.820. The normalized spacial score (nSPS) is 25.1. The van der Waals surface area contributed by atoms with Gasteiger partial charge in [0.05, 0.1) is 25.0 Å². The van der Waals surface area contributed by atoms with Crippen molar-refractivity contribution in [1.29, 1.82) is 0 Å². The molecule has 0 bridgehead atoms. The molecule has 1 unspecified atom stereocenters. The van der Waals surface area contributed by atoms with E-state index in [-0.39, 0.29) is 31.4 Å². The highest BCUT2D eigenvalue weighted by molar-refractivity contribution is 5.76. The SMILES string of the molecule is O=C(CCOC1CCNCC1)N1CCCC(C(F)(F)F)C1. The summed E-state index contributed by atoms with van der Waals surface area (Å²) in [5, 5.41) is 3.22. The molecule has 0 radical (unpaired) electrons. The quantitative estimate of drug-likeness (QED) is 0.863. The smallest absolute Gasteiger partial charge is 0.378 e. The molecule has 0 spiro atoms. The molecule has 4 nitrogen and oxygen atoms in total. The summed E-state index contributed by atoms with van der Waals surface area (Å²) in [5.74, 6) is -1.60. The zero-order valence-electron chi connectivity index (χ0n) is 12.1. The number of nitrogens with zero attached hydrogens (tertiary/aromatic N) is 1. The van der Waals surface area contributed by atoms with Crippen LogP contribution in [-0.2, 0) is 9.53 Å². The lowest BCUT2D eigenvalue weighted by atomic mass is 9.97. The van der Waals surface area contributed by atoms with Crippen LogP contribution in [0.4, 0.5) is 13.2 Å². The number of ether oxygens (including phenoxy) is 1. The third kappa shape index (κ3) is 5.14. The van der Waals surface area contributed by atoms with E-state index >= 15 is 0 Å².